The van der Waals surface area contributed by atoms with Crippen molar-refractivity contribution < 1.29 is 14.8 Å². The van der Waals surface area contributed by atoms with Crippen molar-refractivity contribution >= 4 is 11.6 Å². The van der Waals surface area contributed by atoms with Gasteiger partial charge in [0.1, 0.15) is 0 Å². The second kappa shape index (κ2) is 8.32. The van der Waals surface area contributed by atoms with Crippen LogP contribution >= 0.6 is 0 Å². The van der Waals surface area contributed by atoms with Crippen LogP contribution in [0.2, 0.25) is 0 Å². The van der Waals surface area contributed by atoms with E-state index in [0.29, 0.717) is 6.61 Å². The van der Waals surface area contributed by atoms with E-state index in [0.717, 1.165) is 23.4 Å². The van der Waals surface area contributed by atoms with Crippen LogP contribution in [0.25, 0.3) is 11.1 Å². The molecule has 2 aromatic carbocycles. The lowest BCUT2D eigenvalue weighted by Gasteiger charge is -2.14. The molecule has 0 heterocycles. The maximum Gasteiger partial charge on any atom is 0.282 e. The molecule has 22 heavy (non-hydrogen) atoms. The number of benzene rings is 2. The maximum absolute atomic E-state index is 12.3. The van der Waals surface area contributed by atoms with Crippen molar-refractivity contribution in [1.82, 2.24) is 0 Å². The first kappa shape index (κ1) is 16.2. The molecule has 3 N–H and O–H groups in total. The van der Waals surface area contributed by atoms with Gasteiger partial charge in [0.25, 0.3) is 5.91 Å². The average Bonchev–Trinajstić information content (AvgIpc) is 2.56. The fourth-order valence-corrected chi connectivity index (χ4v) is 2.25. The van der Waals surface area contributed by atoms with E-state index in [4.69, 9.17) is 4.74 Å². The van der Waals surface area contributed by atoms with Crippen molar-refractivity contribution in [3.8, 4) is 11.1 Å². The first-order valence-electron chi connectivity index (χ1n) is 7.50. The van der Waals surface area contributed by atoms with Crippen molar-refractivity contribution in [2.45, 2.75) is 13.0 Å². The number of hydrogen-bond donors (Lipinski definition) is 2. The topological polar surface area (TPSA) is 54.9 Å². The molecule has 116 valence electrons. The predicted molar refractivity (Wildman–Crippen MR) is 88.6 cm³/mol. The van der Waals surface area contributed by atoms with Gasteiger partial charge in [-0.3, -0.25) is 4.79 Å². The maximum atomic E-state index is 12.3. The Hall–Kier alpha value is -2.17. The summed E-state index contributed by atoms with van der Waals surface area (Å²) in [6, 6.07) is 17.8. The minimum Gasteiger partial charge on any atom is -0.379 e. The van der Waals surface area contributed by atoms with E-state index in [9.17, 15) is 4.79 Å². The SMILES string of the molecule is COCC[NH2+][C@@H](C)C(=O)Nc1ccccc1-c1ccccc1. The molecule has 4 nitrogen and oxygen atoms in total. The third-order valence-corrected chi connectivity index (χ3v) is 3.53. The summed E-state index contributed by atoms with van der Waals surface area (Å²) in [7, 11) is 1.66. The molecule has 0 aliphatic carbocycles. The van der Waals surface area contributed by atoms with Crippen molar-refractivity contribution in [2.75, 3.05) is 25.6 Å². The van der Waals surface area contributed by atoms with Gasteiger partial charge in [0.05, 0.1) is 13.2 Å². The number of para-hydroxylation sites is 1. The van der Waals surface area contributed by atoms with Crippen LogP contribution in [0, 0.1) is 0 Å². The highest BCUT2D eigenvalue weighted by molar-refractivity contribution is 5.97. The first-order valence-corrected chi connectivity index (χ1v) is 7.50. The van der Waals surface area contributed by atoms with E-state index in [1.165, 1.54) is 0 Å². The Morgan fingerprint density at radius 2 is 1.82 bits per heavy atom. The monoisotopic (exact) mass is 299 g/mol. The minimum atomic E-state index is -0.154. The lowest BCUT2D eigenvalue weighted by Crippen LogP contribution is -2.92. The summed E-state index contributed by atoms with van der Waals surface area (Å²) < 4.78 is 5.00. The van der Waals surface area contributed by atoms with Gasteiger partial charge in [-0.05, 0) is 18.6 Å². The fourth-order valence-electron chi connectivity index (χ4n) is 2.25. The highest BCUT2D eigenvalue weighted by Crippen LogP contribution is 2.27. The van der Waals surface area contributed by atoms with Gasteiger partial charge in [-0.25, -0.2) is 0 Å². The zero-order chi connectivity index (χ0) is 15.8. The second-order valence-electron chi connectivity index (χ2n) is 5.21. The van der Waals surface area contributed by atoms with Gasteiger partial charge in [-0.1, -0.05) is 48.5 Å². The van der Waals surface area contributed by atoms with Crippen molar-refractivity contribution in [2.24, 2.45) is 0 Å². The molecule has 1 atom stereocenters. The molecular formula is C18H23N2O2+. The Morgan fingerprint density at radius 3 is 2.55 bits per heavy atom. The van der Waals surface area contributed by atoms with E-state index in [1.807, 2.05) is 66.8 Å². The summed E-state index contributed by atoms with van der Waals surface area (Å²) in [6.07, 6.45) is 0. The summed E-state index contributed by atoms with van der Waals surface area (Å²) in [5.74, 6) is -0.000478. The van der Waals surface area contributed by atoms with Crippen LogP contribution in [0.5, 0.6) is 0 Å². The lowest BCUT2D eigenvalue weighted by molar-refractivity contribution is -0.674. The molecule has 2 aromatic rings. The molecule has 0 aliphatic heterocycles. The predicted octanol–water partition coefficient (Wildman–Crippen LogP) is 1.89. The molecular weight excluding hydrogens is 276 g/mol. The van der Waals surface area contributed by atoms with Crippen LogP contribution < -0.4 is 10.6 Å². The smallest absolute Gasteiger partial charge is 0.282 e. The van der Waals surface area contributed by atoms with Crippen molar-refractivity contribution in [3.05, 3.63) is 54.6 Å². The van der Waals surface area contributed by atoms with E-state index in [-0.39, 0.29) is 11.9 Å². The molecule has 0 aromatic heterocycles. The molecule has 0 saturated carbocycles. The van der Waals surface area contributed by atoms with E-state index in [1.54, 1.807) is 7.11 Å². The van der Waals surface area contributed by atoms with Crippen LogP contribution in [0.1, 0.15) is 6.92 Å². The average molecular weight is 299 g/mol. The number of nitrogens with one attached hydrogen (secondary N) is 1. The number of quaternary nitrogens is 1. The number of anilines is 1. The number of nitrogens with two attached hydrogens (primary N) is 1. The number of hydrogen-bond acceptors (Lipinski definition) is 2. The molecule has 0 spiro atoms. The van der Waals surface area contributed by atoms with Gasteiger partial charge in [-0.2, -0.15) is 0 Å². The van der Waals surface area contributed by atoms with Crippen LogP contribution in [0.15, 0.2) is 54.6 Å². The second-order valence-corrected chi connectivity index (χ2v) is 5.21. The Bertz CT molecular complexity index is 599. The summed E-state index contributed by atoms with van der Waals surface area (Å²) >= 11 is 0. The molecule has 2 rings (SSSR count). The Kier molecular flexibility index (Phi) is 6.13. The number of carbonyl (C=O) groups excluding carboxylic acids is 1. The van der Waals surface area contributed by atoms with E-state index in [2.05, 4.69) is 5.32 Å². The third-order valence-electron chi connectivity index (χ3n) is 3.53. The van der Waals surface area contributed by atoms with Crippen molar-refractivity contribution in [3.63, 3.8) is 0 Å². The number of rotatable bonds is 7. The van der Waals surface area contributed by atoms with Crippen LogP contribution in [-0.2, 0) is 9.53 Å². The molecule has 1 amide bonds. The van der Waals surface area contributed by atoms with Crippen LogP contribution in [0.3, 0.4) is 0 Å². The van der Waals surface area contributed by atoms with Gasteiger partial charge in [0, 0.05) is 18.4 Å². The van der Waals surface area contributed by atoms with Gasteiger partial charge in [0.15, 0.2) is 6.04 Å². The van der Waals surface area contributed by atoms with Crippen LogP contribution in [-0.4, -0.2) is 32.2 Å². The highest BCUT2D eigenvalue weighted by Gasteiger charge is 2.17. The molecule has 0 radical (unpaired) electrons. The summed E-state index contributed by atoms with van der Waals surface area (Å²) in [6.45, 7) is 3.31. The van der Waals surface area contributed by atoms with Gasteiger partial charge in [-0.15, -0.1) is 0 Å². The molecule has 0 saturated heterocycles. The standard InChI is InChI=1S/C18H22N2O2/c1-14(19-12-13-22-2)18(21)20-17-11-7-6-10-16(17)15-8-4-3-5-9-15/h3-11,14,19H,12-13H2,1-2H3,(H,20,21)/p+1/t14-/m0/s1. The first-order chi connectivity index (χ1) is 10.7. The minimum absolute atomic E-state index is 0.000478. The largest absolute Gasteiger partial charge is 0.379 e. The van der Waals surface area contributed by atoms with Gasteiger partial charge < -0.3 is 15.4 Å². The van der Waals surface area contributed by atoms with Gasteiger partial charge >= 0.3 is 0 Å². The Labute approximate surface area is 131 Å². The number of methoxy groups -OCH3 is 1. The molecule has 0 unspecified atom stereocenters. The Morgan fingerprint density at radius 1 is 1.14 bits per heavy atom. The van der Waals surface area contributed by atoms with E-state index >= 15 is 0 Å². The zero-order valence-electron chi connectivity index (χ0n) is 13.1. The summed E-state index contributed by atoms with van der Waals surface area (Å²) in [4.78, 5) is 12.3. The third kappa shape index (κ3) is 4.41. The fraction of sp³-hybridized carbons (Fsp3) is 0.278. The number of carbonyl (C=O) groups is 1. The quantitative estimate of drug-likeness (QED) is 0.767. The normalized spacial score (nSPS) is 11.9. The Balaban J connectivity index is 2.08. The van der Waals surface area contributed by atoms with Crippen LogP contribution in [0.4, 0.5) is 5.69 Å². The van der Waals surface area contributed by atoms with Crippen molar-refractivity contribution in [1.29, 1.82) is 0 Å². The number of ether oxygens (including phenoxy) is 1. The molecule has 0 fully saturated rings. The van der Waals surface area contributed by atoms with E-state index < -0.39 is 0 Å². The highest BCUT2D eigenvalue weighted by atomic mass is 16.5. The summed E-state index contributed by atoms with van der Waals surface area (Å²) in [5.41, 5.74) is 2.96. The molecule has 0 bridgehead atoms. The lowest BCUT2D eigenvalue weighted by atomic mass is 10.0. The summed E-state index contributed by atoms with van der Waals surface area (Å²) in [5, 5.41) is 5.00. The zero-order valence-corrected chi connectivity index (χ0v) is 13.1. The number of amides is 1. The van der Waals surface area contributed by atoms with Gasteiger partial charge in [0.2, 0.25) is 0 Å². The molecule has 0 aliphatic rings. The molecule has 4 heteroatoms.